The average molecular weight is 346 g/mol. The van der Waals surface area contributed by atoms with Gasteiger partial charge in [-0.1, -0.05) is 12.1 Å². The Morgan fingerprint density at radius 2 is 2.24 bits per heavy atom. The summed E-state index contributed by atoms with van der Waals surface area (Å²) in [5.74, 6) is 0.696. The lowest BCUT2D eigenvalue weighted by Gasteiger charge is -2.11. The van der Waals surface area contributed by atoms with E-state index in [9.17, 15) is 8.42 Å². The molecule has 1 N–H and O–H groups in total. The Kier molecular flexibility index (Phi) is 5.36. The Balaban J connectivity index is 2.76. The number of halogens is 2. The lowest BCUT2D eigenvalue weighted by molar-refractivity contribution is 0.521. The summed E-state index contributed by atoms with van der Waals surface area (Å²) in [6, 6.07) is 0. The first-order valence-corrected chi connectivity index (χ1v) is 7.80. The minimum Gasteiger partial charge on any atom is -0.235 e. The zero-order chi connectivity index (χ0) is 13.1. The van der Waals surface area contributed by atoms with Crippen molar-refractivity contribution in [2.45, 2.75) is 18.4 Å². The van der Waals surface area contributed by atoms with Gasteiger partial charge in [0.05, 0.1) is 0 Å². The van der Waals surface area contributed by atoms with Gasteiger partial charge in [0, 0.05) is 19.5 Å². The molecule has 0 amide bonds. The Morgan fingerprint density at radius 3 is 2.71 bits per heavy atom. The van der Waals surface area contributed by atoms with Crippen molar-refractivity contribution in [3.8, 4) is 0 Å². The predicted octanol–water partition coefficient (Wildman–Crippen LogP) is 1.12. The first kappa shape index (κ1) is 14.9. The first-order chi connectivity index (χ1) is 7.88. The Morgan fingerprint density at radius 1 is 1.59 bits per heavy atom. The standard InChI is InChI=1S/C8H14BrClN4O2S/c1-6(3-4-10)5-11-17(15,16)8-7(9)12-13-14(8)2/h6,11H,3-5H2,1-2H3. The molecule has 1 rings (SSSR count). The Bertz CT molecular complexity index is 456. The average Bonchev–Trinajstić information content (AvgIpc) is 2.57. The molecule has 0 saturated heterocycles. The van der Waals surface area contributed by atoms with Crippen molar-refractivity contribution >= 4 is 37.6 Å². The van der Waals surface area contributed by atoms with E-state index < -0.39 is 10.0 Å². The van der Waals surface area contributed by atoms with Gasteiger partial charge in [-0.15, -0.1) is 16.7 Å². The van der Waals surface area contributed by atoms with Crippen LogP contribution in [0.25, 0.3) is 0 Å². The van der Waals surface area contributed by atoms with Gasteiger partial charge >= 0.3 is 0 Å². The van der Waals surface area contributed by atoms with E-state index in [0.717, 1.165) is 6.42 Å². The number of rotatable bonds is 6. The Hall–Kier alpha value is -0.180. The molecule has 0 aliphatic rings. The van der Waals surface area contributed by atoms with Crippen molar-refractivity contribution in [2.24, 2.45) is 13.0 Å². The molecular weight excluding hydrogens is 332 g/mol. The van der Waals surface area contributed by atoms with Gasteiger partial charge < -0.3 is 0 Å². The maximum atomic E-state index is 12.0. The molecule has 0 bridgehead atoms. The second kappa shape index (κ2) is 6.12. The summed E-state index contributed by atoms with van der Waals surface area (Å²) < 4.78 is 27.9. The summed E-state index contributed by atoms with van der Waals surface area (Å²) in [4.78, 5) is 0. The molecule has 0 radical (unpaired) electrons. The molecule has 0 fully saturated rings. The molecule has 1 heterocycles. The molecule has 0 aliphatic heterocycles. The highest BCUT2D eigenvalue weighted by Gasteiger charge is 2.23. The van der Waals surface area contributed by atoms with Gasteiger partial charge in [0.1, 0.15) is 0 Å². The third-order valence-electron chi connectivity index (χ3n) is 2.22. The number of sulfonamides is 1. The first-order valence-electron chi connectivity index (χ1n) is 4.99. The van der Waals surface area contributed by atoms with Gasteiger partial charge in [-0.05, 0) is 28.3 Å². The van der Waals surface area contributed by atoms with Crippen LogP contribution in [0.4, 0.5) is 0 Å². The van der Waals surface area contributed by atoms with E-state index in [2.05, 4.69) is 31.0 Å². The fraction of sp³-hybridized carbons (Fsp3) is 0.750. The highest BCUT2D eigenvalue weighted by molar-refractivity contribution is 9.10. The van der Waals surface area contributed by atoms with E-state index in [4.69, 9.17) is 11.6 Å². The molecule has 6 nitrogen and oxygen atoms in total. The molecule has 1 unspecified atom stereocenters. The van der Waals surface area contributed by atoms with Gasteiger partial charge in [0.15, 0.2) is 4.60 Å². The summed E-state index contributed by atoms with van der Waals surface area (Å²) in [6.07, 6.45) is 0.759. The summed E-state index contributed by atoms with van der Waals surface area (Å²) >= 11 is 8.64. The maximum Gasteiger partial charge on any atom is 0.260 e. The Labute approximate surface area is 114 Å². The van der Waals surface area contributed by atoms with Crippen molar-refractivity contribution in [3.05, 3.63) is 4.60 Å². The number of nitrogens with zero attached hydrogens (tertiary/aromatic N) is 3. The van der Waals surface area contributed by atoms with E-state index in [1.165, 1.54) is 11.7 Å². The molecular formula is C8H14BrClN4O2S. The number of alkyl halides is 1. The molecule has 17 heavy (non-hydrogen) atoms. The highest BCUT2D eigenvalue weighted by atomic mass is 79.9. The third kappa shape index (κ3) is 3.90. The van der Waals surface area contributed by atoms with Crippen molar-refractivity contribution in [1.29, 1.82) is 0 Å². The SMILES string of the molecule is CC(CCCl)CNS(=O)(=O)c1c(Br)nnn1C. The summed E-state index contributed by atoms with van der Waals surface area (Å²) in [7, 11) is -2.07. The fourth-order valence-electron chi connectivity index (χ4n) is 1.22. The van der Waals surface area contributed by atoms with Crippen molar-refractivity contribution in [1.82, 2.24) is 19.7 Å². The maximum absolute atomic E-state index is 12.0. The fourth-order valence-corrected chi connectivity index (χ4v) is 3.84. The smallest absolute Gasteiger partial charge is 0.235 e. The van der Waals surface area contributed by atoms with Crippen LogP contribution in [0.1, 0.15) is 13.3 Å². The zero-order valence-electron chi connectivity index (χ0n) is 9.52. The molecule has 0 spiro atoms. The predicted molar refractivity (Wildman–Crippen MR) is 68.4 cm³/mol. The van der Waals surface area contributed by atoms with Crippen LogP contribution < -0.4 is 4.72 Å². The van der Waals surface area contributed by atoms with E-state index in [-0.39, 0.29) is 15.5 Å². The van der Waals surface area contributed by atoms with Crippen LogP contribution in [0.2, 0.25) is 0 Å². The molecule has 0 aliphatic carbocycles. The van der Waals surface area contributed by atoms with Crippen molar-refractivity contribution in [3.63, 3.8) is 0 Å². The van der Waals surface area contributed by atoms with Gasteiger partial charge in [0.2, 0.25) is 5.03 Å². The van der Waals surface area contributed by atoms with Crippen molar-refractivity contribution < 1.29 is 8.42 Å². The number of hydrogen-bond acceptors (Lipinski definition) is 4. The van der Waals surface area contributed by atoms with E-state index in [1.54, 1.807) is 0 Å². The van der Waals surface area contributed by atoms with E-state index in [1.807, 2.05) is 6.92 Å². The third-order valence-corrected chi connectivity index (χ3v) is 4.74. The molecule has 0 aromatic carbocycles. The topological polar surface area (TPSA) is 76.9 Å². The van der Waals surface area contributed by atoms with Crippen LogP contribution in [-0.4, -0.2) is 35.8 Å². The summed E-state index contributed by atoms with van der Waals surface area (Å²) in [5.41, 5.74) is 0. The molecule has 9 heteroatoms. The number of nitrogens with one attached hydrogen (secondary N) is 1. The highest BCUT2D eigenvalue weighted by Crippen LogP contribution is 2.17. The lowest BCUT2D eigenvalue weighted by atomic mass is 10.1. The molecule has 1 aromatic rings. The van der Waals surface area contributed by atoms with Crippen molar-refractivity contribution in [2.75, 3.05) is 12.4 Å². The largest absolute Gasteiger partial charge is 0.260 e. The number of aryl methyl sites for hydroxylation is 1. The molecule has 1 atom stereocenters. The monoisotopic (exact) mass is 344 g/mol. The minimum atomic E-state index is -3.59. The molecule has 98 valence electrons. The van der Waals surface area contributed by atoms with Crippen LogP contribution in [0.5, 0.6) is 0 Å². The van der Waals surface area contributed by atoms with Gasteiger partial charge in [-0.25, -0.2) is 17.8 Å². The van der Waals surface area contributed by atoms with Crippen LogP contribution in [-0.2, 0) is 17.1 Å². The van der Waals surface area contributed by atoms with E-state index >= 15 is 0 Å². The second-order valence-electron chi connectivity index (χ2n) is 3.74. The van der Waals surface area contributed by atoms with Crippen LogP contribution in [0.15, 0.2) is 9.63 Å². The lowest BCUT2D eigenvalue weighted by Crippen LogP contribution is -2.30. The number of hydrogen-bond donors (Lipinski definition) is 1. The number of aromatic nitrogens is 3. The second-order valence-corrected chi connectivity index (χ2v) is 6.56. The van der Waals surface area contributed by atoms with Crippen LogP contribution in [0.3, 0.4) is 0 Å². The zero-order valence-corrected chi connectivity index (χ0v) is 12.7. The van der Waals surface area contributed by atoms with Crippen LogP contribution >= 0.6 is 27.5 Å². The minimum absolute atomic E-state index is 0.0237. The molecule has 0 saturated carbocycles. The summed E-state index contributed by atoms with van der Waals surface area (Å²) in [5, 5.41) is 7.28. The quantitative estimate of drug-likeness (QED) is 0.784. The van der Waals surface area contributed by atoms with E-state index in [0.29, 0.717) is 12.4 Å². The summed E-state index contributed by atoms with van der Waals surface area (Å²) in [6.45, 7) is 2.27. The normalized spacial score (nSPS) is 13.9. The van der Waals surface area contributed by atoms with Gasteiger partial charge in [-0.2, -0.15) is 0 Å². The molecule has 1 aromatic heterocycles. The van der Waals surface area contributed by atoms with Crippen LogP contribution in [0, 0.1) is 5.92 Å². The van der Waals surface area contributed by atoms with Gasteiger partial charge in [-0.3, -0.25) is 0 Å². The van der Waals surface area contributed by atoms with Gasteiger partial charge in [0.25, 0.3) is 10.0 Å².